The molecule has 1 aromatic heterocycles. The van der Waals surface area contributed by atoms with Crippen molar-refractivity contribution < 1.29 is 14.7 Å². The summed E-state index contributed by atoms with van der Waals surface area (Å²) in [5.74, 6) is 0.130. The van der Waals surface area contributed by atoms with Crippen molar-refractivity contribution in [1.29, 1.82) is 0 Å². The average molecular weight is 403 g/mol. The number of nitrogens with two attached hydrogens (primary N) is 1. The van der Waals surface area contributed by atoms with Crippen molar-refractivity contribution >= 4 is 23.6 Å². The normalized spacial score (nSPS) is 26.5. The van der Waals surface area contributed by atoms with Crippen LogP contribution in [0.2, 0.25) is 0 Å². The number of benzene rings is 1. The minimum Gasteiger partial charge on any atom is -0.508 e. The second kappa shape index (κ2) is 6.74. The van der Waals surface area contributed by atoms with Crippen molar-refractivity contribution in [2.75, 3.05) is 0 Å². The van der Waals surface area contributed by atoms with Crippen molar-refractivity contribution in [3.05, 3.63) is 35.7 Å². The third-order valence-electron chi connectivity index (χ3n) is 5.09. The number of hydrogen-bond donors (Lipinski definition) is 4. The fourth-order valence-electron chi connectivity index (χ4n) is 3.71. The number of aromatic nitrogens is 4. The molecular formula is C17H21N7O3S. The second-order valence-electron chi connectivity index (χ2n) is 7.51. The highest BCUT2D eigenvalue weighted by atomic mass is 32.2. The van der Waals surface area contributed by atoms with Gasteiger partial charge in [0.05, 0.1) is 6.04 Å². The molecule has 2 aliphatic heterocycles. The Morgan fingerprint density at radius 2 is 2.14 bits per heavy atom. The molecule has 5 N–H and O–H groups in total. The molecule has 0 radical (unpaired) electrons. The molecule has 0 aliphatic carbocycles. The number of aromatic hydroxyl groups is 1. The molecular weight excluding hydrogens is 382 g/mol. The van der Waals surface area contributed by atoms with Gasteiger partial charge in [-0.25, -0.2) is 5.10 Å². The third kappa shape index (κ3) is 3.10. The number of hydrogen-bond acceptors (Lipinski definition) is 8. The van der Waals surface area contributed by atoms with E-state index in [0.717, 1.165) is 5.56 Å². The van der Waals surface area contributed by atoms with Crippen LogP contribution in [0.15, 0.2) is 24.3 Å². The molecule has 2 amide bonds. The Labute approximate surface area is 165 Å². The molecule has 2 saturated heterocycles. The van der Waals surface area contributed by atoms with Crippen molar-refractivity contribution in [3.63, 3.8) is 0 Å². The van der Waals surface area contributed by atoms with E-state index in [-0.39, 0.29) is 33.7 Å². The van der Waals surface area contributed by atoms with Crippen LogP contribution in [-0.2, 0) is 16.0 Å². The summed E-state index contributed by atoms with van der Waals surface area (Å²) in [6.07, 6.45) is 0.312. The molecule has 3 unspecified atom stereocenters. The Balaban J connectivity index is 1.42. The van der Waals surface area contributed by atoms with E-state index in [1.807, 2.05) is 13.8 Å². The number of tetrazole rings is 1. The van der Waals surface area contributed by atoms with Gasteiger partial charge >= 0.3 is 0 Å². The highest BCUT2D eigenvalue weighted by Crippen LogP contribution is 2.56. The molecule has 28 heavy (non-hydrogen) atoms. The maximum absolute atomic E-state index is 12.7. The standard InChI is InChI=1S/C17H21N7O3S/c1-17(2)12(13-20-22-23-21-13)24-15(27)11(16(24)28-17)19-14(26)10(18)7-8-3-5-9(25)6-4-8/h3-6,10-12,16,25H,7,18H2,1-2H3,(H,19,26)(H,20,21,22,23)/t10?,11?,12?,16-/m0/s1. The van der Waals surface area contributed by atoms with Gasteiger partial charge in [-0.3, -0.25) is 9.59 Å². The van der Waals surface area contributed by atoms with Crippen molar-refractivity contribution in [1.82, 2.24) is 30.8 Å². The summed E-state index contributed by atoms with van der Waals surface area (Å²) in [6.45, 7) is 4.04. The Morgan fingerprint density at radius 1 is 1.43 bits per heavy atom. The van der Waals surface area contributed by atoms with Crippen LogP contribution in [0.1, 0.15) is 31.3 Å². The van der Waals surface area contributed by atoms with Crippen LogP contribution < -0.4 is 11.1 Å². The minimum absolute atomic E-state index is 0.152. The first kappa shape index (κ1) is 18.7. The lowest BCUT2D eigenvalue weighted by Crippen LogP contribution is -2.69. The second-order valence-corrected chi connectivity index (χ2v) is 9.28. The summed E-state index contributed by atoms with van der Waals surface area (Å²) < 4.78 is -0.310. The number of carbonyl (C=O) groups is 2. The van der Waals surface area contributed by atoms with E-state index in [4.69, 9.17) is 5.73 Å². The first-order valence-electron chi connectivity index (χ1n) is 8.85. The molecule has 1 aromatic carbocycles. The first-order valence-corrected chi connectivity index (χ1v) is 9.73. The van der Waals surface area contributed by atoms with Crippen molar-refractivity contribution in [2.24, 2.45) is 5.73 Å². The summed E-state index contributed by atoms with van der Waals surface area (Å²) in [6, 6.07) is 4.81. The Morgan fingerprint density at radius 3 is 2.79 bits per heavy atom. The third-order valence-corrected chi connectivity index (χ3v) is 6.66. The van der Waals surface area contributed by atoms with Gasteiger partial charge in [0.1, 0.15) is 23.2 Å². The number of rotatable bonds is 5. The zero-order valence-electron chi connectivity index (χ0n) is 15.4. The van der Waals surface area contributed by atoms with Crippen LogP contribution >= 0.6 is 11.8 Å². The number of fused-ring (bicyclic) bond motifs is 1. The number of aromatic amines is 1. The number of thioether (sulfide) groups is 1. The molecule has 4 atom stereocenters. The summed E-state index contributed by atoms with van der Waals surface area (Å²) in [5.41, 5.74) is 6.85. The van der Waals surface area contributed by atoms with Gasteiger partial charge in [0.25, 0.3) is 0 Å². The van der Waals surface area contributed by atoms with Crippen LogP contribution in [0.5, 0.6) is 5.75 Å². The van der Waals surface area contributed by atoms with Crippen LogP contribution in [0.25, 0.3) is 0 Å². The molecule has 0 spiro atoms. The van der Waals surface area contributed by atoms with Gasteiger partial charge in [-0.1, -0.05) is 12.1 Å². The number of H-pyrrole nitrogens is 1. The molecule has 148 valence electrons. The largest absolute Gasteiger partial charge is 0.508 e. The number of β-lactam (4-membered cyclic amide) rings is 1. The average Bonchev–Trinajstić information content (AvgIpc) is 3.25. The SMILES string of the molecule is CC1(C)S[C@H]2C(NC(=O)C(N)Cc3ccc(O)cc3)C(=O)N2C1c1nnn[nH]1. The topological polar surface area (TPSA) is 150 Å². The number of nitrogens with one attached hydrogen (secondary N) is 2. The Bertz CT molecular complexity index is 887. The van der Waals surface area contributed by atoms with E-state index in [9.17, 15) is 14.7 Å². The molecule has 2 aromatic rings. The van der Waals surface area contributed by atoms with Gasteiger partial charge < -0.3 is 21.1 Å². The van der Waals surface area contributed by atoms with Crippen LogP contribution in [0.3, 0.4) is 0 Å². The lowest BCUT2D eigenvalue weighted by atomic mass is 9.95. The van der Waals surface area contributed by atoms with E-state index in [1.54, 1.807) is 40.9 Å². The molecule has 10 nitrogen and oxygen atoms in total. The quantitative estimate of drug-likeness (QED) is 0.497. The smallest absolute Gasteiger partial charge is 0.249 e. The van der Waals surface area contributed by atoms with Crippen molar-refractivity contribution in [2.45, 2.75) is 48.5 Å². The highest BCUT2D eigenvalue weighted by Gasteiger charge is 2.63. The fourth-order valence-corrected chi connectivity index (χ4v) is 5.35. The summed E-state index contributed by atoms with van der Waals surface area (Å²) in [5, 5.41) is 25.9. The number of amides is 2. The summed E-state index contributed by atoms with van der Waals surface area (Å²) in [4.78, 5) is 27.0. The van der Waals surface area contributed by atoms with Gasteiger partial charge in [-0.15, -0.1) is 16.9 Å². The maximum atomic E-state index is 12.7. The Kier molecular flexibility index (Phi) is 4.50. The summed E-state index contributed by atoms with van der Waals surface area (Å²) >= 11 is 1.60. The molecule has 3 heterocycles. The summed E-state index contributed by atoms with van der Waals surface area (Å²) in [7, 11) is 0. The van der Waals surface area contributed by atoms with E-state index in [0.29, 0.717) is 12.2 Å². The molecule has 4 rings (SSSR count). The molecule has 2 fully saturated rings. The zero-order chi connectivity index (χ0) is 20.1. The zero-order valence-corrected chi connectivity index (χ0v) is 16.2. The lowest BCUT2D eigenvalue weighted by Gasteiger charge is -2.44. The lowest BCUT2D eigenvalue weighted by molar-refractivity contribution is -0.152. The van der Waals surface area contributed by atoms with Gasteiger partial charge in [0.2, 0.25) is 11.8 Å². The van der Waals surface area contributed by atoms with E-state index < -0.39 is 12.1 Å². The van der Waals surface area contributed by atoms with Gasteiger partial charge in [-0.05, 0) is 48.4 Å². The number of nitrogens with zero attached hydrogens (tertiary/aromatic N) is 4. The van der Waals surface area contributed by atoms with E-state index >= 15 is 0 Å². The monoisotopic (exact) mass is 403 g/mol. The Hall–Kier alpha value is -2.66. The predicted octanol–water partition coefficient (Wildman–Crippen LogP) is -0.305. The van der Waals surface area contributed by atoms with Gasteiger partial charge in [-0.2, -0.15) is 0 Å². The number of phenolic OH excluding ortho intramolecular Hbond substituents is 1. The van der Waals surface area contributed by atoms with Crippen molar-refractivity contribution in [3.8, 4) is 5.75 Å². The number of phenols is 1. The molecule has 2 aliphatic rings. The van der Waals surface area contributed by atoms with Crippen LogP contribution in [-0.4, -0.2) is 64.6 Å². The van der Waals surface area contributed by atoms with Gasteiger partial charge in [0.15, 0.2) is 5.82 Å². The minimum atomic E-state index is -0.792. The molecule has 0 bridgehead atoms. The van der Waals surface area contributed by atoms with Gasteiger partial charge in [0, 0.05) is 4.75 Å². The first-order chi connectivity index (χ1) is 13.3. The van der Waals surface area contributed by atoms with E-state index in [2.05, 4.69) is 25.9 Å². The molecule has 11 heteroatoms. The maximum Gasteiger partial charge on any atom is 0.249 e. The predicted molar refractivity (Wildman–Crippen MR) is 101 cm³/mol. The van der Waals surface area contributed by atoms with E-state index in [1.165, 1.54) is 0 Å². The number of carbonyl (C=O) groups excluding carboxylic acids is 2. The van der Waals surface area contributed by atoms with Crippen LogP contribution in [0, 0.1) is 0 Å². The fraction of sp³-hybridized carbons (Fsp3) is 0.471. The highest BCUT2D eigenvalue weighted by molar-refractivity contribution is 8.01. The van der Waals surface area contributed by atoms with Crippen LogP contribution in [0.4, 0.5) is 0 Å². The molecule has 0 saturated carbocycles.